The van der Waals surface area contributed by atoms with Gasteiger partial charge in [0.15, 0.2) is 16.7 Å². The zero-order valence-electron chi connectivity index (χ0n) is 20.0. The highest BCUT2D eigenvalue weighted by Gasteiger charge is 2.33. The van der Waals surface area contributed by atoms with Gasteiger partial charge in [-0.1, -0.05) is 17.8 Å². The van der Waals surface area contributed by atoms with Crippen LogP contribution in [0.5, 0.6) is 17.2 Å². The zero-order chi connectivity index (χ0) is 25.1. The summed E-state index contributed by atoms with van der Waals surface area (Å²) in [6, 6.07) is 9.72. The lowest BCUT2D eigenvalue weighted by Gasteiger charge is -2.22. The van der Waals surface area contributed by atoms with E-state index in [1.807, 2.05) is 50.4 Å². The number of aliphatic imine (C=N–C) groups is 1. The summed E-state index contributed by atoms with van der Waals surface area (Å²) < 4.78 is 18.5. The summed E-state index contributed by atoms with van der Waals surface area (Å²) in [4.78, 5) is 19.4. The van der Waals surface area contributed by atoms with Crippen LogP contribution >= 0.6 is 34.4 Å². The van der Waals surface area contributed by atoms with Crippen molar-refractivity contribution in [3.05, 3.63) is 67.3 Å². The second-order valence-electron chi connectivity index (χ2n) is 8.02. The summed E-state index contributed by atoms with van der Waals surface area (Å²) in [5.41, 5.74) is 3.37. The third-order valence-corrected chi connectivity index (χ3v) is 7.11. The number of amides is 1. The minimum atomic E-state index is -0.423. The summed E-state index contributed by atoms with van der Waals surface area (Å²) in [6.07, 6.45) is 3.49. The molecule has 2 aromatic carbocycles. The standard InChI is InChI=1S/C26H26IN3O4S/c1-5-32-22-13-18(11-20-24(28)30-14-17(4)35-26(30)29-25(20)31)12-21(27)23(22)34-9-8-33-19-7-6-15(2)16(3)10-19/h6-7,10-14,28H,5,8-9H2,1-4H3/b20-11-,28-24?. The Kier molecular flexibility index (Phi) is 7.85. The van der Waals surface area contributed by atoms with Crippen LogP contribution in [0.2, 0.25) is 0 Å². The van der Waals surface area contributed by atoms with Crippen LogP contribution in [0.4, 0.5) is 0 Å². The van der Waals surface area contributed by atoms with Crippen molar-refractivity contribution in [2.24, 2.45) is 4.99 Å². The molecule has 0 fully saturated rings. The third-order valence-electron chi connectivity index (χ3n) is 5.41. The Morgan fingerprint density at radius 3 is 2.60 bits per heavy atom. The number of hydrogen-bond acceptors (Lipinski definition) is 6. The lowest BCUT2D eigenvalue weighted by molar-refractivity contribution is -0.114. The number of benzene rings is 2. The monoisotopic (exact) mass is 603 g/mol. The maximum atomic E-state index is 12.6. The molecule has 2 aromatic rings. The second kappa shape index (κ2) is 10.9. The molecular weight excluding hydrogens is 577 g/mol. The van der Waals surface area contributed by atoms with Crippen molar-refractivity contribution in [3.63, 3.8) is 0 Å². The molecule has 182 valence electrons. The Bertz CT molecular complexity index is 1290. The molecule has 4 rings (SSSR count). The van der Waals surface area contributed by atoms with E-state index in [0.717, 1.165) is 19.8 Å². The molecule has 1 N–H and O–H groups in total. The van der Waals surface area contributed by atoms with Crippen molar-refractivity contribution < 1.29 is 19.0 Å². The SMILES string of the molecule is CCOc1cc(/C=C2/C(=N)N3C=C(C)SC3=NC2=O)cc(I)c1OCCOc1ccc(C)c(C)c1. The van der Waals surface area contributed by atoms with Crippen molar-refractivity contribution in [3.8, 4) is 17.2 Å². The predicted molar refractivity (Wildman–Crippen MR) is 149 cm³/mol. The maximum Gasteiger partial charge on any atom is 0.283 e. The Labute approximate surface area is 222 Å². The van der Waals surface area contributed by atoms with Gasteiger partial charge in [0, 0.05) is 11.1 Å². The Morgan fingerprint density at radius 2 is 1.86 bits per heavy atom. The van der Waals surface area contributed by atoms with Gasteiger partial charge >= 0.3 is 0 Å². The van der Waals surface area contributed by atoms with Crippen LogP contribution in [-0.4, -0.2) is 41.6 Å². The third kappa shape index (κ3) is 5.72. The number of hydrogen-bond donors (Lipinski definition) is 1. The molecule has 7 nitrogen and oxygen atoms in total. The van der Waals surface area contributed by atoms with Crippen molar-refractivity contribution in [2.45, 2.75) is 27.7 Å². The van der Waals surface area contributed by atoms with E-state index in [4.69, 9.17) is 19.6 Å². The second-order valence-corrected chi connectivity index (χ2v) is 10.4. The van der Waals surface area contributed by atoms with E-state index in [0.29, 0.717) is 36.5 Å². The number of aryl methyl sites for hydroxylation is 2. The first kappa shape index (κ1) is 25.3. The summed E-state index contributed by atoms with van der Waals surface area (Å²) in [7, 11) is 0. The molecular formula is C26H26IN3O4S. The van der Waals surface area contributed by atoms with Crippen LogP contribution in [0, 0.1) is 22.8 Å². The topological polar surface area (TPSA) is 84.2 Å². The molecule has 0 spiro atoms. The number of thioether (sulfide) groups is 1. The molecule has 0 aliphatic carbocycles. The quantitative estimate of drug-likeness (QED) is 0.229. The van der Waals surface area contributed by atoms with Gasteiger partial charge in [0.1, 0.15) is 24.8 Å². The van der Waals surface area contributed by atoms with Gasteiger partial charge in [0.25, 0.3) is 5.91 Å². The normalized spacial score (nSPS) is 16.3. The minimum Gasteiger partial charge on any atom is -0.490 e. The summed E-state index contributed by atoms with van der Waals surface area (Å²) >= 11 is 3.58. The van der Waals surface area contributed by atoms with Gasteiger partial charge < -0.3 is 14.2 Å². The highest BCUT2D eigenvalue weighted by molar-refractivity contribution is 14.1. The van der Waals surface area contributed by atoms with Gasteiger partial charge in [-0.05, 0) is 97.3 Å². The molecule has 1 amide bonds. The Morgan fingerprint density at radius 1 is 1.09 bits per heavy atom. The largest absolute Gasteiger partial charge is 0.490 e. The first-order valence-electron chi connectivity index (χ1n) is 11.1. The summed E-state index contributed by atoms with van der Waals surface area (Å²) in [5, 5.41) is 9.03. The van der Waals surface area contributed by atoms with Gasteiger partial charge in [0.2, 0.25) is 0 Å². The van der Waals surface area contributed by atoms with E-state index in [2.05, 4.69) is 41.4 Å². The molecule has 0 saturated heterocycles. The van der Waals surface area contributed by atoms with Gasteiger partial charge in [-0.25, -0.2) is 0 Å². The number of ether oxygens (including phenoxy) is 3. The molecule has 0 bridgehead atoms. The number of rotatable bonds is 8. The molecule has 9 heteroatoms. The van der Waals surface area contributed by atoms with E-state index in [9.17, 15) is 4.79 Å². The fourth-order valence-corrected chi connectivity index (χ4v) is 5.15. The molecule has 2 aliphatic rings. The summed E-state index contributed by atoms with van der Waals surface area (Å²) in [6.45, 7) is 9.16. The number of carbonyl (C=O) groups is 1. The van der Waals surface area contributed by atoms with Crippen molar-refractivity contribution >= 4 is 57.3 Å². The number of carbonyl (C=O) groups excluding carboxylic acids is 1. The lowest BCUT2D eigenvalue weighted by atomic mass is 10.1. The van der Waals surface area contributed by atoms with E-state index in [1.165, 1.54) is 22.9 Å². The van der Waals surface area contributed by atoms with Gasteiger partial charge in [-0.2, -0.15) is 4.99 Å². The minimum absolute atomic E-state index is 0.112. The smallest absolute Gasteiger partial charge is 0.283 e. The number of allylic oxidation sites excluding steroid dienone is 1. The molecule has 0 unspecified atom stereocenters. The van der Waals surface area contributed by atoms with E-state index in [-0.39, 0.29) is 11.4 Å². The first-order valence-corrected chi connectivity index (χ1v) is 13.0. The number of fused-ring (bicyclic) bond motifs is 1. The van der Waals surface area contributed by atoms with Crippen molar-refractivity contribution in [1.82, 2.24) is 4.90 Å². The van der Waals surface area contributed by atoms with Gasteiger partial charge in [0.05, 0.1) is 15.8 Å². The average Bonchev–Trinajstić information content (AvgIpc) is 3.18. The van der Waals surface area contributed by atoms with Gasteiger partial charge in [-0.3, -0.25) is 15.1 Å². The van der Waals surface area contributed by atoms with Crippen molar-refractivity contribution in [2.75, 3.05) is 19.8 Å². The van der Waals surface area contributed by atoms with E-state index in [1.54, 1.807) is 11.0 Å². The van der Waals surface area contributed by atoms with Crippen LogP contribution in [0.3, 0.4) is 0 Å². The van der Waals surface area contributed by atoms with E-state index >= 15 is 0 Å². The van der Waals surface area contributed by atoms with E-state index < -0.39 is 5.91 Å². The molecule has 0 radical (unpaired) electrons. The number of nitrogens with zero attached hydrogens (tertiary/aromatic N) is 2. The maximum absolute atomic E-state index is 12.6. The van der Waals surface area contributed by atoms with Crippen LogP contribution in [-0.2, 0) is 4.79 Å². The van der Waals surface area contributed by atoms with Crippen LogP contribution in [0.15, 0.2) is 52.0 Å². The molecule has 0 saturated carbocycles. The fourth-order valence-electron chi connectivity index (χ4n) is 3.55. The lowest BCUT2D eigenvalue weighted by Crippen LogP contribution is -2.35. The average molecular weight is 603 g/mol. The highest BCUT2D eigenvalue weighted by Crippen LogP contribution is 2.36. The van der Waals surface area contributed by atoms with Crippen molar-refractivity contribution in [1.29, 1.82) is 5.41 Å². The van der Waals surface area contributed by atoms with Gasteiger partial charge in [-0.15, -0.1) is 0 Å². The molecule has 2 aliphatic heterocycles. The number of nitrogens with one attached hydrogen (secondary N) is 1. The van der Waals surface area contributed by atoms with Crippen LogP contribution < -0.4 is 14.2 Å². The number of amidine groups is 2. The highest BCUT2D eigenvalue weighted by atomic mass is 127. The van der Waals surface area contributed by atoms with Crippen LogP contribution in [0.25, 0.3) is 6.08 Å². The number of halogens is 1. The van der Waals surface area contributed by atoms with Crippen LogP contribution in [0.1, 0.15) is 30.5 Å². The molecule has 2 heterocycles. The molecule has 35 heavy (non-hydrogen) atoms. The first-order chi connectivity index (χ1) is 16.8. The Hall–Kier alpha value is -2.79. The Balaban J connectivity index is 1.50. The predicted octanol–water partition coefficient (Wildman–Crippen LogP) is 5.93. The molecule has 0 atom stereocenters. The molecule has 0 aromatic heterocycles. The summed E-state index contributed by atoms with van der Waals surface area (Å²) in [5.74, 6) is 1.70. The fraction of sp³-hybridized carbons (Fsp3) is 0.269. The zero-order valence-corrected chi connectivity index (χ0v) is 23.0.